The van der Waals surface area contributed by atoms with Crippen molar-refractivity contribution in [3.05, 3.63) is 69.9 Å². The summed E-state index contributed by atoms with van der Waals surface area (Å²) >= 11 is 1.36. The molecule has 1 aliphatic carbocycles. The quantitative estimate of drug-likeness (QED) is 0.459. The van der Waals surface area contributed by atoms with Crippen LogP contribution in [0.5, 0.6) is 11.6 Å². The molecule has 0 spiro atoms. The fraction of sp³-hybridized carbons (Fsp3) is 0.261. The molecule has 0 radical (unpaired) electrons. The second-order valence-corrected chi connectivity index (χ2v) is 8.18. The summed E-state index contributed by atoms with van der Waals surface area (Å²) in [5.74, 6) is -2.59. The maximum absolute atomic E-state index is 14.1. The minimum atomic E-state index is -0.970. The average molecular weight is 458 g/mol. The summed E-state index contributed by atoms with van der Waals surface area (Å²) in [5.41, 5.74) is 0.493. The monoisotopic (exact) mass is 457 g/mol. The van der Waals surface area contributed by atoms with Crippen molar-refractivity contribution in [2.45, 2.75) is 32.3 Å². The van der Waals surface area contributed by atoms with Crippen molar-refractivity contribution in [3.8, 4) is 22.8 Å². The van der Waals surface area contributed by atoms with Gasteiger partial charge in [-0.05, 0) is 30.4 Å². The van der Waals surface area contributed by atoms with Gasteiger partial charge in [0.05, 0.1) is 23.4 Å². The van der Waals surface area contributed by atoms with Gasteiger partial charge in [0.25, 0.3) is 5.56 Å². The summed E-state index contributed by atoms with van der Waals surface area (Å²) in [6, 6.07) is 3.42. The highest BCUT2D eigenvalue weighted by atomic mass is 32.1. The third kappa shape index (κ3) is 3.78. The first-order chi connectivity index (χ1) is 15.4. The lowest BCUT2D eigenvalue weighted by Crippen LogP contribution is -2.16. The van der Waals surface area contributed by atoms with E-state index in [0.717, 1.165) is 12.4 Å². The molecule has 5 rings (SSSR count). The molecule has 4 aromatic rings. The fourth-order valence-corrected chi connectivity index (χ4v) is 4.27. The number of aliphatic hydroxyl groups is 1. The van der Waals surface area contributed by atoms with E-state index in [1.165, 1.54) is 22.1 Å². The van der Waals surface area contributed by atoms with Crippen LogP contribution < -0.4 is 10.3 Å². The lowest BCUT2D eigenvalue weighted by molar-refractivity contribution is 0.151. The zero-order valence-corrected chi connectivity index (χ0v) is 18.5. The maximum Gasteiger partial charge on any atom is 0.259 e. The van der Waals surface area contributed by atoms with E-state index < -0.39 is 23.0 Å². The Morgan fingerprint density at radius 3 is 2.50 bits per heavy atom. The average Bonchev–Trinajstić information content (AvgIpc) is 3.35. The normalized spacial score (nSPS) is 14.1. The highest BCUT2D eigenvalue weighted by Gasteiger charge is 2.43. The van der Waals surface area contributed by atoms with Gasteiger partial charge in [-0.15, -0.1) is 11.3 Å². The molecule has 9 heteroatoms. The Morgan fingerprint density at radius 1 is 1.16 bits per heavy atom. The molecule has 1 aliphatic rings. The molecule has 0 atom stereocenters. The number of nitrogens with zero attached hydrogens (tertiary/aromatic N) is 3. The van der Waals surface area contributed by atoms with Gasteiger partial charge in [-0.1, -0.05) is 13.8 Å². The van der Waals surface area contributed by atoms with Gasteiger partial charge in [-0.2, -0.15) is 0 Å². The van der Waals surface area contributed by atoms with Crippen molar-refractivity contribution in [1.82, 2.24) is 14.5 Å². The highest BCUT2D eigenvalue weighted by molar-refractivity contribution is 7.17. The number of thiophene rings is 1. The van der Waals surface area contributed by atoms with E-state index >= 15 is 0 Å². The molecule has 32 heavy (non-hydrogen) atoms. The van der Waals surface area contributed by atoms with Crippen molar-refractivity contribution < 1.29 is 18.6 Å². The SMILES string of the molecule is CC.Cn1cc(-c2cc(C3(O)CC3)cnc2Oc2c(F)cncc2F)c2sccc2c1=O. The van der Waals surface area contributed by atoms with Crippen LogP contribution in [0.25, 0.3) is 21.2 Å². The minimum absolute atomic E-state index is 0.0413. The molecule has 0 unspecified atom stereocenters. The van der Waals surface area contributed by atoms with Crippen molar-refractivity contribution >= 4 is 21.4 Å². The number of pyridine rings is 3. The molecule has 1 N–H and O–H groups in total. The van der Waals surface area contributed by atoms with Gasteiger partial charge in [0.2, 0.25) is 11.6 Å². The molecule has 1 saturated carbocycles. The van der Waals surface area contributed by atoms with E-state index in [1.54, 1.807) is 30.8 Å². The second kappa shape index (κ2) is 8.40. The van der Waals surface area contributed by atoms with Gasteiger partial charge in [-0.3, -0.25) is 9.78 Å². The molecule has 4 heterocycles. The zero-order chi connectivity index (χ0) is 23.0. The maximum atomic E-state index is 14.1. The Kier molecular flexibility index (Phi) is 5.79. The summed E-state index contributed by atoms with van der Waals surface area (Å²) < 4.78 is 35.9. The number of fused-ring (bicyclic) bond motifs is 1. The lowest BCUT2D eigenvalue weighted by Gasteiger charge is -2.16. The van der Waals surface area contributed by atoms with Crippen LogP contribution in [-0.4, -0.2) is 19.6 Å². The van der Waals surface area contributed by atoms with Crippen LogP contribution in [0.2, 0.25) is 0 Å². The van der Waals surface area contributed by atoms with Crippen molar-refractivity contribution in [2.75, 3.05) is 0 Å². The molecule has 4 aromatic heterocycles. The third-order valence-electron chi connectivity index (χ3n) is 5.19. The molecule has 0 aromatic carbocycles. The van der Waals surface area contributed by atoms with Gasteiger partial charge >= 0.3 is 0 Å². The largest absolute Gasteiger partial charge is 0.432 e. The molecular weight excluding hydrogens is 436 g/mol. The number of aromatic nitrogens is 3. The highest BCUT2D eigenvalue weighted by Crippen LogP contribution is 2.47. The van der Waals surface area contributed by atoms with Crippen LogP contribution in [0, 0.1) is 11.6 Å². The van der Waals surface area contributed by atoms with E-state index in [1.807, 2.05) is 13.8 Å². The van der Waals surface area contributed by atoms with Crippen LogP contribution in [0.1, 0.15) is 32.3 Å². The Labute approximate surface area is 186 Å². The van der Waals surface area contributed by atoms with Gasteiger partial charge in [0.1, 0.15) is 0 Å². The van der Waals surface area contributed by atoms with Crippen molar-refractivity contribution in [1.29, 1.82) is 0 Å². The summed E-state index contributed by atoms with van der Waals surface area (Å²) in [4.78, 5) is 20.2. The molecule has 0 saturated heterocycles. The van der Waals surface area contributed by atoms with Crippen LogP contribution in [0.15, 0.2) is 47.1 Å². The van der Waals surface area contributed by atoms with Gasteiger partial charge in [0, 0.05) is 40.8 Å². The predicted octanol–water partition coefficient (Wildman–Crippen LogP) is 5.14. The first-order valence-electron chi connectivity index (χ1n) is 10.1. The third-order valence-corrected chi connectivity index (χ3v) is 6.14. The number of aryl methyl sites for hydroxylation is 1. The summed E-state index contributed by atoms with van der Waals surface area (Å²) in [5, 5.41) is 12.9. The van der Waals surface area contributed by atoms with Crippen molar-refractivity contribution in [2.24, 2.45) is 7.05 Å². The molecule has 0 bridgehead atoms. The van der Waals surface area contributed by atoms with Crippen LogP contribution in [-0.2, 0) is 12.6 Å². The smallest absolute Gasteiger partial charge is 0.259 e. The molecular formula is C23H21F2N3O3S. The molecule has 166 valence electrons. The Balaban J connectivity index is 0.00000119. The van der Waals surface area contributed by atoms with Crippen molar-refractivity contribution in [3.63, 3.8) is 0 Å². The summed E-state index contributed by atoms with van der Waals surface area (Å²) in [6.45, 7) is 4.00. The van der Waals surface area contributed by atoms with E-state index in [4.69, 9.17) is 4.74 Å². The number of ether oxygens (including phenoxy) is 1. The standard InChI is InChI=1S/C21H15F2N3O3S.C2H6/c1-26-10-14(18-12(20(26)27)2-5-30-18)13-6-11(21(28)3-4-21)7-25-19(13)29-17-15(22)8-24-9-16(17)23;1-2/h2,5-10,28H,3-4H2,1H3;1-2H3. The van der Waals surface area contributed by atoms with Gasteiger partial charge in [-0.25, -0.2) is 13.8 Å². The lowest BCUT2D eigenvalue weighted by atomic mass is 10.0. The number of hydrogen-bond donors (Lipinski definition) is 1. The topological polar surface area (TPSA) is 77.2 Å². The number of hydrogen-bond acceptors (Lipinski definition) is 6. The Hall–Kier alpha value is -3.17. The fourth-order valence-electron chi connectivity index (χ4n) is 3.36. The van der Waals surface area contributed by atoms with E-state index in [9.17, 15) is 18.7 Å². The Morgan fingerprint density at radius 2 is 1.84 bits per heavy atom. The number of halogens is 2. The van der Waals surface area contributed by atoms with Crippen LogP contribution >= 0.6 is 11.3 Å². The van der Waals surface area contributed by atoms with Crippen LogP contribution in [0.3, 0.4) is 0 Å². The molecule has 1 fully saturated rings. The second-order valence-electron chi connectivity index (χ2n) is 7.26. The Bertz CT molecular complexity index is 1340. The summed E-state index contributed by atoms with van der Waals surface area (Å²) in [6.07, 6.45) is 5.97. The van der Waals surface area contributed by atoms with Gasteiger partial charge < -0.3 is 14.4 Å². The first kappa shape index (κ1) is 22.0. The van der Waals surface area contributed by atoms with Crippen LogP contribution in [0.4, 0.5) is 8.78 Å². The molecule has 6 nitrogen and oxygen atoms in total. The summed E-state index contributed by atoms with van der Waals surface area (Å²) in [7, 11) is 1.62. The number of rotatable bonds is 4. The molecule has 0 amide bonds. The van der Waals surface area contributed by atoms with E-state index in [0.29, 0.717) is 39.6 Å². The van der Waals surface area contributed by atoms with E-state index in [2.05, 4.69) is 9.97 Å². The predicted molar refractivity (Wildman–Crippen MR) is 119 cm³/mol. The zero-order valence-electron chi connectivity index (χ0n) is 17.7. The van der Waals surface area contributed by atoms with E-state index in [-0.39, 0.29) is 11.4 Å². The van der Waals surface area contributed by atoms with Gasteiger partial charge in [0.15, 0.2) is 11.6 Å². The first-order valence-corrected chi connectivity index (χ1v) is 11.0. The molecule has 0 aliphatic heterocycles. The minimum Gasteiger partial charge on any atom is -0.432 e.